The molecule has 0 saturated carbocycles. The lowest BCUT2D eigenvalue weighted by atomic mass is 10.3. The molecular formula is C12H20N4OS. The SMILES string of the molecule is CC(=O)N1CCN(c2nc(C)c(CCN)s2)CC1. The topological polar surface area (TPSA) is 62.5 Å². The molecule has 1 aliphatic rings. The Bertz CT molecular complexity index is 424. The normalized spacial score (nSPS) is 16.2. The van der Waals surface area contributed by atoms with Gasteiger partial charge in [0.1, 0.15) is 0 Å². The van der Waals surface area contributed by atoms with E-state index in [-0.39, 0.29) is 5.91 Å². The molecule has 1 amide bonds. The van der Waals surface area contributed by atoms with Gasteiger partial charge in [0, 0.05) is 38.0 Å². The van der Waals surface area contributed by atoms with Gasteiger partial charge < -0.3 is 15.5 Å². The quantitative estimate of drug-likeness (QED) is 0.873. The summed E-state index contributed by atoms with van der Waals surface area (Å²) in [5.74, 6) is 0.161. The van der Waals surface area contributed by atoms with Crippen molar-refractivity contribution in [2.75, 3.05) is 37.6 Å². The molecule has 0 unspecified atom stereocenters. The van der Waals surface area contributed by atoms with Crippen molar-refractivity contribution < 1.29 is 4.79 Å². The van der Waals surface area contributed by atoms with Gasteiger partial charge in [-0.3, -0.25) is 4.79 Å². The van der Waals surface area contributed by atoms with Crippen LogP contribution in [0.5, 0.6) is 0 Å². The molecule has 1 fully saturated rings. The fourth-order valence-corrected chi connectivity index (χ4v) is 3.25. The maximum Gasteiger partial charge on any atom is 0.219 e. The fourth-order valence-electron chi connectivity index (χ4n) is 2.12. The summed E-state index contributed by atoms with van der Waals surface area (Å²) < 4.78 is 0. The third-order valence-corrected chi connectivity index (χ3v) is 4.53. The fraction of sp³-hybridized carbons (Fsp3) is 0.667. The van der Waals surface area contributed by atoms with Gasteiger partial charge in [-0.1, -0.05) is 0 Å². The second-order valence-corrected chi connectivity index (χ2v) is 5.60. The minimum atomic E-state index is 0.161. The molecule has 2 rings (SSSR count). The Hall–Kier alpha value is -1.14. The summed E-state index contributed by atoms with van der Waals surface area (Å²) in [6.45, 7) is 7.66. The predicted molar refractivity (Wildman–Crippen MR) is 74.1 cm³/mol. The molecule has 1 aliphatic heterocycles. The highest BCUT2D eigenvalue weighted by Crippen LogP contribution is 2.27. The van der Waals surface area contributed by atoms with Crippen molar-refractivity contribution in [3.05, 3.63) is 10.6 Å². The van der Waals surface area contributed by atoms with E-state index in [1.54, 1.807) is 18.3 Å². The lowest BCUT2D eigenvalue weighted by Gasteiger charge is -2.33. The number of nitrogens with two attached hydrogens (primary N) is 1. The Morgan fingerprint density at radius 1 is 1.39 bits per heavy atom. The number of nitrogens with zero attached hydrogens (tertiary/aromatic N) is 3. The summed E-state index contributed by atoms with van der Waals surface area (Å²) in [5.41, 5.74) is 6.68. The Morgan fingerprint density at radius 2 is 2.06 bits per heavy atom. The van der Waals surface area contributed by atoms with Crippen LogP contribution >= 0.6 is 11.3 Å². The van der Waals surface area contributed by atoms with Gasteiger partial charge in [-0.25, -0.2) is 4.98 Å². The van der Waals surface area contributed by atoms with Gasteiger partial charge in [-0.2, -0.15) is 0 Å². The zero-order valence-electron chi connectivity index (χ0n) is 11.0. The number of anilines is 1. The van der Waals surface area contributed by atoms with Crippen LogP contribution in [-0.4, -0.2) is 48.5 Å². The number of amides is 1. The first kappa shape index (κ1) is 13.3. The van der Waals surface area contributed by atoms with E-state index in [9.17, 15) is 4.79 Å². The summed E-state index contributed by atoms with van der Waals surface area (Å²) in [7, 11) is 0. The zero-order valence-corrected chi connectivity index (χ0v) is 11.8. The summed E-state index contributed by atoms with van der Waals surface area (Å²) in [5, 5.41) is 1.07. The molecule has 0 aromatic carbocycles. The Kier molecular flexibility index (Phi) is 4.19. The standard InChI is InChI=1S/C12H20N4OS/c1-9-11(3-4-13)18-12(14-9)16-7-5-15(6-8-16)10(2)17/h3-8,13H2,1-2H3. The first-order chi connectivity index (χ1) is 8.61. The molecule has 1 saturated heterocycles. The van der Waals surface area contributed by atoms with Gasteiger partial charge in [0.05, 0.1) is 5.69 Å². The molecular weight excluding hydrogens is 248 g/mol. The van der Waals surface area contributed by atoms with Gasteiger partial charge in [-0.15, -0.1) is 11.3 Å². The summed E-state index contributed by atoms with van der Waals surface area (Å²) in [6, 6.07) is 0. The molecule has 2 N–H and O–H groups in total. The number of thiazole rings is 1. The Balaban J connectivity index is 2.01. The van der Waals surface area contributed by atoms with Crippen LogP contribution in [0.1, 0.15) is 17.5 Å². The molecule has 0 aliphatic carbocycles. The molecule has 5 nitrogen and oxygen atoms in total. The average Bonchev–Trinajstić information content (AvgIpc) is 2.72. The van der Waals surface area contributed by atoms with Crippen LogP contribution < -0.4 is 10.6 Å². The second-order valence-electron chi connectivity index (χ2n) is 4.54. The van der Waals surface area contributed by atoms with Crippen LogP contribution in [0.25, 0.3) is 0 Å². The zero-order chi connectivity index (χ0) is 13.1. The number of aryl methyl sites for hydroxylation is 1. The maximum absolute atomic E-state index is 11.3. The van der Waals surface area contributed by atoms with Gasteiger partial charge in [0.15, 0.2) is 5.13 Å². The highest BCUT2D eigenvalue weighted by Gasteiger charge is 2.21. The lowest BCUT2D eigenvalue weighted by molar-refractivity contribution is -0.129. The number of piperazine rings is 1. The van der Waals surface area contributed by atoms with E-state index in [4.69, 9.17) is 5.73 Å². The van der Waals surface area contributed by atoms with Gasteiger partial charge >= 0.3 is 0 Å². The van der Waals surface area contributed by atoms with Crippen LogP contribution in [0, 0.1) is 6.92 Å². The Labute approximate surface area is 112 Å². The van der Waals surface area contributed by atoms with E-state index in [0.29, 0.717) is 6.54 Å². The van der Waals surface area contributed by atoms with E-state index >= 15 is 0 Å². The van der Waals surface area contributed by atoms with Crippen molar-refractivity contribution in [2.24, 2.45) is 5.73 Å². The molecule has 100 valence electrons. The van der Waals surface area contributed by atoms with Crippen LogP contribution in [-0.2, 0) is 11.2 Å². The van der Waals surface area contributed by atoms with Crippen LogP contribution in [0.2, 0.25) is 0 Å². The van der Waals surface area contributed by atoms with E-state index in [1.807, 2.05) is 11.8 Å². The van der Waals surface area contributed by atoms with Crippen molar-refractivity contribution in [1.82, 2.24) is 9.88 Å². The molecule has 0 atom stereocenters. The highest BCUT2D eigenvalue weighted by atomic mass is 32.1. The first-order valence-electron chi connectivity index (χ1n) is 6.28. The first-order valence-corrected chi connectivity index (χ1v) is 7.10. The van der Waals surface area contributed by atoms with Gasteiger partial charge in [0.25, 0.3) is 0 Å². The van der Waals surface area contributed by atoms with E-state index in [2.05, 4.69) is 9.88 Å². The lowest BCUT2D eigenvalue weighted by Crippen LogP contribution is -2.48. The van der Waals surface area contributed by atoms with E-state index in [0.717, 1.165) is 43.4 Å². The molecule has 1 aromatic heterocycles. The molecule has 6 heteroatoms. The van der Waals surface area contributed by atoms with Gasteiger partial charge in [-0.05, 0) is 19.9 Å². The predicted octanol–water partition coefficient (Wildman–Crippen LogP) is 0.621. The summed E-state index contributed by atoms with van der Waals surface area (Å²) in [6.07, 6.45) is 0.900. The smallest absolute Gasteiger partial charge is 0.219 e. The minimum Gasteiger partial charge on any atom is -0.345 e. The number of hydrogen-bond donors (Lipinski definition) is 1. The van der Waals surface area contributed by atoms with Gasteiger partial charge in [0.2, 0.25) is 5.91 Å². The number of hydrogen-bond acceptors (Lipinski definition) is 5. The van der Waals surface area contributed by atoms with Crippen molar-refractivity contribution in [3.8, 4) is 0 Å². The van der Waals surface area contributed by atoms with Crippen molar-refractivity contribution in [3.63, 3.8) is 0 Å². The van der Waals surface area contributed by atoms with Crippen molar-refractivity contribution in [2.45, 2.75) is 20.3 Å². The Morgan fingerprint density at radius 3 is 2.61 bits per heavy atom. The second kappa shape index (κ2) is 5.67. The average molecular weight is 268 g/mol. The molecule has 0 radical (unpaired) electrons. The summed E-state index contributed by atoms with van der Waals surface area (Å²) >= 11 is 1.73. The molecule has 0 bridgehead atoms. The third kappa shape index (κ3) is 2.81. The van der Waals surface area contributed by atoms with Crippen LogP contribution in [0.3, 0.4) is 0 Å². The highest BCUT2D eigenvalue weighted by molar-refractivity contribution is 7.15. The number of aromatic nitrogens is 1. The van der Waals surface area contributed by atoms with Crippen LogP contribution in [0.4, 0.5) is 5.13 Å². The van der Waals surface area contributed by atoms with E-state index in [1.165, 1.54) is 4.88 Å². The summed E-state index contributed by atoms with van der Waals surface area (Å²) in [4.78, 5) is 21.3. The number of carbonyl (C=O) groups is 1. The molecule has 18 heavy (non-hydrogen) atoms. The number of rotatable bonds is 3. The van der Waals surface area contributed by atoms with Crippen LogP contribution in [0.15, 0.2) is 0 Å². The monoisotopic (exact) mass is 268 g/mol. The number of carbonyl (C=O) groups excluding carboxylic acids is 1. The van der Waals surface area contributed by atoms with Crippen molar-refractivity contribution >= 4 is 22.4 Å². The third-order valence-electron chi connectivity index (χ3n) is 3.25. The van der Waals surface area contributed by atoms with Crippen molar-refractivity contribution in [1.29, 1.82) is 0 Å². The molecule has 0 spiro atoms. The molecule has 2 heterocycles. The van der Waals surface area contributed by atoms with E-state index < -0.39 is 0 Å². The largest absolute Gasteiger partial charge is 0.345 e. The maximum atomic E-state index is 11.3. The minimum absolute atomic E-state index is 0.161. The molecule has 1 aromatic rings.